The van der Waals surface area contributed by atoms with Gasteiger partial charge in [-0.05, 0) is 49.2 Å². The highest BCUT2D eigenvalue weighted by Crippen LogP contribution is 2.30. The van der Waals surface area contributed by atoms with Crippen molar-refractivity contribution in [1.29, 1.82) is 0 Å². The maximum atomic E-state index is 12.7. The number of hydrogen-bond acceptors (Lipinski definition) is 3. The molecular weight excluding hydrogens is 381 g/mol. The van der Waals surface area contributed by atoms with E-state index in [1.54, 1.807) is 0 Å². The minimum atomic E-state index is -4.32. The normalized spacial score (nSPS) is 18.1. The van der Waals surface area contributed by atoms with Gasteiger partial charge in [0.2, 0.25) is 0 Å². The SMILES string of the molecule is O=c1[nH]c(C2CCCN(Cc3ccc(C(F)(F)F)cc3)C2)nn1-c1ccccc1. The van der Waals surface area contributed by atoms with Crippen molar-refractivity contribution in [3.63, 3.8) is 0 Å². The predicted molar refractivity (Wildman–Crippen MR) is 103 cm³/mol. The second-order valence-corrected chi connectivity index (χ2v) is 7.33. The van der Waals surface area contributed by atoms with E-state index >= 15 is 0 Å². The third kappa shape index (κ3) is 4.42. The summed E-state index contributed by atoms with van der Waals surface area (Å²) < 4.78 is 39.5. The van der Waals surface area contributed by atoms with E-state index in [4.69, 9.17) is 0 Å². The Morgan fingerprint density at radius 3 is 2.48 bits per heavy atom. The molecule has 1 N–H and O–H groups in total. The lowest BCUT2D eigenvalue weighted by Gasteiger charge is -2.31. The largest absolute Gasteiger partial charge is 0.416 e. The van der Waals surface area contributed by atoms with Crippen LogP contribution in [0.5, 0.6) is 0 Å². The number of aromatic nitrogens is 3. The molecule has 2 heterocycles. The van der Waals surface area contributed by atoms with Crippen LogP contribution in [-0.4, -0.2) is 32.8 Å². The topological polar surface area (TPSA) is 53.9 Å². The van der Waals surface area contributed by atoms with Crippen LogP contribution in [0.25, 0.3) is 5.69 Å². The van der Waals surface area contributed by atoms with Crippen molar-refractivity contribution in [3.05, 3.63) is 82.0 Å². The number of nitrogens with one attached hydrogen (secondary N) is 1. The summed E-state index contributed by atoms with van der Waals surface area (Å²) in [6.45, 7) is 2.13. The van der Waals surface area contributed by atoms with Crippen LogP contribution in [-0.2, 0) is 12.7 Å². The van der Waals surface area contributed by atoms with Crippen LogP contribution in [0, 0.1) is 0 Å². The average molecular weight is 402 g/mol. The van der Waals surface area contributed by atoms with Gasteiger partial charge in [0, 0.05) is 19.0 Å². The number of hydrogen-bond donors (Lipinski definition) is 1. The van der Waals surface area contributed by atoms with Crippen molar-refractivity contribution in [2.75, 3.05) is 13.1 Å². The van der Waals surface area contributed by atoms with Crippen LogP contribution in [0.4, 0.5) is 13.2 Å². The van der Waals surface area contributed by atoms with E-state index in [0.29, 0.717) is 24.6 Å². The summed E-state index contributed by atoms with van der Waals surface area (Å²) in [7, 11) is 0. The number of alkyl halides is 3. The molecule has 152 valence electrons. The second kappa shape index (κ2) is 7.87. The van der Waals surface area contributed by atoms with E-state index in [1.807, 2.05) is 30.3 Å². The summed E-state index contributed by atoms with van der Waals surface area (Å²) in [4.78, 5) is 17.4. The number of benzene rings is 2. The first kappa shape index (κ1) is 19.4. The Bertz CT molecular complexity index is 1010. The van der Waals surface area contributed by atoms with Gasteiger partial charge >= 0.3 is 11.9 Å². The number of halogens is 3. The molecule has 5 nitrogen and oxygen atoms in total. The van der Waals surface area contributed by atoms with Gasteiger partial charge in [-0.2, -0.15) is 17.9 Å². The van der Waals surface area contributed by atoms with Gasteiger partial charge in [-0.25, -0.2) is 4.79 Å². The van der Waals surface area contributed by atoms with Crippen molar-refractivity contribution in [1.82, 2.24) is 19.7 Å². The van der Waals surface area contributed by atoms with E-state index in [-0.39, 0.29) is 11.6 Å². The van der Waals surface area contributed by atoms with Crippen LogP contribution < -0.4 is 5.69 Å². The maximum absolute atomic E-state index is 12.7. The Balaban J connectivity index is 1.46. The summed E-state index contributed by atoms with van der Waals surface area (Å²) in [5.74, 6) is 0.729. The van der Waals surface area contributed by atoms with E-state index in [1.165, 1.54) is 16.8 Å². The smallest absolute Gasteiger partial charge is 0.298 e. The lowest BCUT2D eigenvalue weighted by molar-refractivity contribution is -0.137. The highest BCUT2D eigenvalue weighted by atomic mass is 19.4. The van der Waals surface area contributed by atoms with Crippen LogP contribution >= 0.6 is 0 Å². The maximum Gasteiger partial charge on any atom is 0.416 e. The molecule has 29 heavy (non-hydrogen) atoms. The predicted octanol–water partition coefficient (Wildman–Crippen LogP) is 3.96. The van der Waals surface area contributed by atoms with E-state index in [0.717, 1.165) is 37.1 Å². The molecule has 1 aliphatic rings. The average Bonchev–Trinajstić information content (AvgIpc) is 3.10. The third-order valence-corrected chi connectivity index (χ3v) is 5.22. The molecule has 1 aromatic heterocycles. The van der Waals surface area contributed by atoms with E-state index < -0.39 is 11.7 Å². The van der Waals surface area contributed by atoms with Crippen LogP contribution in [0.3, 0.4) is 0 Å². The lowest BCUT2D eigenvalue weighted by atomic mass is 9.97. The fourth-order valence-corrected chi connectivity index (χ4v) is 3.75. The van der Waals surface area contributed by atoms with Gasteiger partial charge < -0.3 is 0 Å². The Hall–Kier alpha value is -2.87. The van der Waals surface area contributed by atoms with Gasteiger partial charge in [0.25, 0.3) is 0 Å². The minimum absolute atomic E-state index is 0.0795. The number of rotatable bonds is 4. The molecule has 1 aliphatic heterocycles. The number of piperidine rings is 1. The molecule has 0 saturated carbocycles. The summed E-state index contributed by atoms with van der Waals surface area (Å²) in [6, 6.07) is 14.5. The first-order valence-electron chi connectivity index (χ1n) is 9.53. The van der Waals surface area contributed by atoms with Gasteiger partial charge in [-0.3, -0.25) is 9.88 Å². The Morgan fingerprint density at radius 2 is 1.79 bits per heavy atom. The van der Waals surface area contributed by atoms with Crippen molar-refractivity contribution in [2.45, 2.75) is 31.5 Å². The number of aromatic amines is 1. The fourth-order valence-electron chi connectivity index (χ4n) is 3.75. The van der Waals surface area contributed by atoms with Crippen LogP contribution in [0.1, 0.15) is 35.7 Å². The summed E-state index contributed by atoms with van der Waals surface area (Å²) in [5, 5.41) is 4.48. The first-order chi connectivity index (χ1) is 13.9. The van der Waals surface area contributed by atoms with Gasteiger partial charge in [-0.1, -0.05) is 30.3 Å². The Labute approximate surface area is 165 Å². The van der Waals surface area contributed by atoms with Crippen molar-refractivity contribution >= 4 is 0 Å². The van der Waals surface area contributed by atoms with Gasteiger partial charge in [0.1, 0.15) is 5.82 Å². The standard InChI is InChI=1S/C21H21F3N4O/c22-21(23,24)17-10-8-15(9-11-17)13-27-12-4-5-16(14-27)19-25-20(29)28(26-19)18-6-2-1-3-7-18/h1-3,6-11,16H,4-5,12-14H2,(H,25,26,29). The number of nitrogens with zero attached hydrogens (tertiary/aromatic N) is 3. The molecule has 0 bridgehead atoms. The van der Waals surface area contributed by atoms with Gasteiger partial charge in [-0.15, -0.1) is 5.10 Å². The Morgan fingerprint density at radius 1 is 1.07 bits per heavy atom. The van der Waals surface area contributed by atoms with E-state index in [9.17, 15) is 18.0 Å². The zero-order chi connectivity index (χ0) is 20.4. The van der Waals surface area contributed by atoms with Crippen molar-refractivity contribution in [3.8, 4) is 5.69 Å². The molecule has 1 atom stereocenters. The van der Waals surface area contributed by atoms with Crippen LogP contribution in [0.2, 0.25) is 0 Å². The molecule has 0 aliphatic carbocycles. The highest BCUT2D eigenvalue weighted by molar-refractivity contribution is 5.29. The fraction of sp³-hybridized carbons (Fsp3) is 0.333. The number of H-pyrrole nitrogens is 1. The molecular formula is C21H21F3N4O. The lowest BCUT2D eigenvalue weighted by Crippen LogP contribution is -2.34. The molecule has 1 fully saturated rings. The quantitative estimate of drug-likeness (QED) is 0.719. The first-order valence-corrected chi connectivity index (χ1v) is 9.53. The molecule has 2 aromatic carbocycles. The Kier molecular flexibility index (Phi) is 5.27. The second-order valence-electron chi connectivity index (χ2n) is 7.33. The summed E-state index contributed by atoms with van der Waals surface area (Å²) >= 11 is 0. The summed E-state index contributed by atoms with van der Waals surface area (Å²) in [5.41, 5.74) is 0.632. The molecule has 8 heteroatoms. The van der Waals surface area contributed by atoms with Crippen molar-refractivity contribution < 1.29 is 13.2 Å². The molecule has 4 rings (SSSR count). The monoisotopic (exact) mass is 402 g/mol. The number of para-hydroxylation sites is 1. The molecule has 1 unspecified atom stereocenters. The van der Waals surface area contributed by atoms with Gasteiger partial charge in [0.05, 0.1) is 11.3 Å². The molecule has 0 radical (unpaired) electrons. The zero-order valence-electron chi connectivity index (χ0n) is 15.7. The van der Waals surface area contributed by atoms with Gasteiger partial charge in [0.15, 0.2) is 0 Å². The third-order valence-electron chi connectivity index (χ3n) is 5.22. The van der Waals surface area contributed by atoms with Crippen molar-refractivity contribution in [2.24, 2.45) is 0 Å². The molecule has 3 aromatic rings. The number of likely N-dealkylation sites (tertiary alicyclic amines) is 1. The molecule has 0 spiro atoms. The summed E-state index contributed by atoms with van der Waals surface area (Å²) in [6.07, 6.45) is -2.48. The highest BCUT2D eigenvalue weighted by Gasteiger charge is 2.30. The molecule has 1 saturated heterocycles. The van der Waals surface area contributed by atoms with Crippen LogP contribution in [0.15, 0.2) is 59.4 Å². The molecule has 0 amide bonds. The zero-order valence-corrected chi connectivity index (χ0v) is 15.7. The minimum Gasteiger partial charge on any atom is -0.298 e. The van der Waals surface area contributed by atoms with E-state index in [2.05, 4.69) is 15.0 Å².